The summed E-state index contributed by atoms with van der Waals surface area (Å²) in [7, 11) is -3.46. The molecule has 90 valence electrons. The van der Waals surface area contributed by atoms with Gasteiger partial charge in [-0.2, -0.15) is 0 Å². The normalized spacial score (nSPS) is 11.4. The van der Waals surface area contributed by atoms with E-state index in [0.717, 1.165) is 5.56 Å². The van der Waals surface area contributed by atoms with E-state index in [4.69, 9.17) is 13.6 Å². The number of hydrogen-bond donors (Lipinski definition) is 0. The van der Waals surface area contributed by atoms with Crippen molar-refractivity contribution in [3.63, 3.8) is 0 Å². The van der Waals surface area contributed by atoms with Gasteiger partial charge in [0, 0.05) is 0 Å². The molecule has 0 atom stereocenters. The van der Waals surface area contributed by atoms with Crippen LogP contribution in [-0.2, 0) is 13.6 Å². The Hall–Kier alpha value is -0.830. The minimum atomic E-state index is -3.46. The zero-order valence-corrected chi connectivity index (χ0v) is 10.7. The summed E-state index contributed by atoms with van der Waals surface area (Å²) in [5.74, 6) is 0.491. The van der Waals surface area contributed by atoms with E-state index in [-0.39, 0.29) is 13.2 Å². The smallest absolute Gasteiger partial charge is 0.404 e. The molecule has 4 nitrogen and oxygen atoms in total. The SMILES string of the molecule is CCOP(=O)(OCC)Oc1cccc(C)c1. The molecule has 0 saturated carbocycles. The van der Waals surface area contributed by atoms with Gasteiger partial charge < -0.3 is 4.52 Å². The third-order valence-electron chi connectivity index (χ3n) is 1.78. The molecule has 0 radical (unpaired) electrons. The minimum absolute atomic E-state index is 0.281. The van der Waals surface area contributed by atoms with Crippen LogP contribution in [0.15, 0.2) is 24.3 Å². The molecule has 1 aromatic carbocycles. The maximum absolute atomic E-state index is 12.0. The minimum Gasteiger partial charge on any atom is -0.404 e. The third-order valence-corrected chi connectivity index (χ3v) is 3.36. The Bertz CT molecular complexity index is 368. The van der Waals surface area contributed by atoms with Crippen LogP contribution < -0.4 is 4.52 Å². The average Bonchev–Trinajstić information content (AvgIpc) is 2.17. The van der Waals surface area contributed by atoms with Gasteiger partial charge in [-0.15, -0.1) is 0 Å². The summed E-state index contributed by atoms with van der Waals surface area (Å²) in [5, 5.41) is 0. The molecule has 0 spiro atoms. The highest BCUT2D eigenvalue weighted by Gasteiger charge is 2.27. The van der Waals surface area contributed by atoms with Gasteiger partial charge in [-0.05, 0) is 38.5 Å². The summed E-state index contributed by atoms with van der Waals surface area (Å²) in [5.41, 5.74) is 1.03. The van der Waals surface area contributed by atoms with Crippen molar-refractivity contribution in [1.29, 1.82) is 0 Å². The number of benzene rings is 1. The molecule has 0 fully saturated rings. The van der Waals surface area contributed by atoms with E-state index >= 15 is 0 Å². The van der Waals surface area contributed by atoms with Crippen molar-refractivity contribution in [2.75, 3.05) is 13.2 Å². The molecule has 0 aliphatic heterocycles. The lowest BCUT2D eigenvalue weighted by molar-refractivity contribution is 0.167. The van der Waals surface area contributed by atoms with Crippen LogP contribution in [0.2, 0.25) is 0 Å². The van der Waals surface area contributed by atoms with E-state index in [1.807, 2.05) is 19.1 Å². The topological polar surface area (TPSA) is 44.8 Å². The standard InChI is InChI=1S/C11H17O4P/c1-4-13-16(12,14-5-2)15-11-8-6-7-10(3)9-11/h6-9H,4-5H2,1-3H3. The van der Waals surface area contributed by atoms with E-state index in [0.29, 0.717) is 5.75 Å². The first-order chi connectivity index (χ1) is 7.59. The molecular formula is C11H17O4P. The fourth-order valence-corrected chi connectivity index (χ4v) is 2.39. The Morgan fingerprint density at radius 2 is 1.81 bits per heavy atom. The van der Waals surface area contributed by atoms with Gasteiger partial charge in [0.1, 0.15) is 5.75 Å². The molecule has 1 rings (SSSR count). The van der Waals surface area contributed by atoms with Gasteiger partial charge in [0.25, 0.3) is 0 Å². The van der Waals surface area contributed by atoms with Gasteiger partial charge in [-0.1, -0.05) is 12.1 Å². The maximum Gasteiger partial charge on any atom is 0.530 e. The van der Waals surface area contributed by atoms with Gasteiger partial charge >= 0.3 is 7.82 Å². The Morgan fingerprint density at radius 3 is 2.31 bits per heavy atom. The summed E-state index contributed by atoms with van der Waals surface area (Å²) in [6.07, 6.45) is 0. The fraction of sp³-hybridized carbons (Fsp3) is 0.455. The highest BCUT2D eigenvalue weighted by molar-refractivity contribution is 7.48. The molecule has 0 aliphatic rings. The average molecular weight is 244 g/mol. The summed E-state index contributed by atoms with van der Waals surface area (Å²) in [6, 6.07) is 7.26. The quantitative estimate of drug-likeness (QED) is 0.718. The summed E-state index contributed by atoms with van der Waals surface area (Å²) >= 11 is 0. The second-order valence-electron chi connectivity index (χ2n) is 3.19. The lowest BCUT2D eigenvalue weighted by Gasteiger charge is -2.17. The Morgan fingerprint density at radius 1 is 1.19 bits per heavy atom. The lowest BCUT2D eigenvalue weighted by Crippen LogP contribution is -2.02. The van der Waals surface area contributed by atoms with Gasteiger partial charge in [-0.25, -0.2) is 4.57 Å². The van der Waals surface area contributed by atoms with Crippen molar-refractivity contribution in [3.05, 3.63) is 29.8 Å². The number of aryl methyl sites for hydroxylation is 1. The predicted octanol–water partition coefficient (Wildman–Crippen LogP) is 3.55. The Kier molecular flexibility index (Phi) is 5.00. The van der Waals surface area contributed by atoms with Crippen molar-refractivity contribution < 1.29 is 18.1 Å². The van der Waals surface area contributed by atoms with Crippen LogP contribution in [0.4, 0.5) is 0 Å². The van der Waals surface area contributed by atoms with Crippen LogP contribution in [0.1, 0.15) is 19.4 Å². The van der Waals surface area contributed by atoms with Gasteiger partial charge in [0.15, 0.2) is 0 Å². The molecule has 0 bridgehead atoms. The molecule has 0 unspecified atom stereocenters. The van der Waals surface area contributed by atoms with Crippen LogP contribution in [0.25, 0.3) is 0 Å². The summed E-state index contributed by atoms with van der Waals surface area (Å²) in [6.45, 7) is 5.97. The molecule has 0 heterocycles. The summed E-state index contributed by atoms with van der Waals surface area (Å²) < 4.78 is 27.4. The number of phosphoric ester groups is 1. The highest BCUT2D eigenvalue weighted by atomic mass is 31.2. The van der Waals surface area contributed by atoms with E-state index < -0.39 is 7.82 Å². The van der Waals surface area contributed by atoms with E-state index in [2.05, 4.69) is 0 Å². The summed E-state index contributed by atoms with van der Waals surface area (Å²) in [4.78, 5) is 0. The van der Waals surface area contributed by atoms with Crippen LogP contribution >= 0.6 is 7.82 Å². The first kappa shape index (κ1) is 13.2. The molecule has 5 heteroatoms. The largest absolute Gasteiger partial charge is 0.530 e. The highest BCUT2D eigenvalue weighted by Crippen LogP contribution is 2.49. The Labute approximate surface area is 96.1 Å². The van der Waals surface area contributed by atoms with Crippen LogP contribution in [0.3, 0.4) is 0 Å². The number of hydrogen-bond acceptors (Lipinski definition) is 4. The van der Waals surface area contributed by atoms with Gasteiger partial charge in [0.05, 0.1) is 13.2 Å². The van der Waals surface area contributed by atoms with Crippen molar-refractivity contribution in [2.45, 2.75) is 20.8 Å². The second-order valence-corrected chi connectivity index (χ2v) is 4.78. The van der Waals surface area contributed by atoms with Crippen LogP contribution in [-0.4, -0.2) is 13.2 Å². The van der Waals surface area contributed by atoms with Crippen molar-refractivity contribution in [2.24, 2.45) is 0 Å². The molecule has 16 heavy (non-hydrogen) atoms. The van der Waals surface area contributed by atoms with Crippen LogP contribution in [0.5, 0.6) is 5.75 Å². The van der Waals surface area contributed by atoms with Crippen molar-refractivity contribution in [1.82, 2.24) is 0 Å². The van der Waals surface area contributed by atoms with E-state index in [1.54, 1.807) is 26.0 Å². The van der Waals surface area contributed by atoms with Gasteiger partial charge in [-0.3, -0.25) is 9.05 Å². The molecule has 0 aromatic heterocycles. The molecule has 0 saturated heterocycles. The zero-order valence-electron chi connectivity index (χ0n) is 9.80. The molecular weight excluding hydrogens is 227 g/mol. The van der Waals surface area contributed by atoms with Crippen molar-refractivity contribution >= 4 is 7.82 Å². The first-order valence-electron chi connectivity index (χ1n) is 5.25. The third kappa shape index (κ3) is 3.97. The van der Waals surface area contributed by atoms with Gasteiger partial charge in [0.2, 0.25) is 0 Å². The first-order valence-corrected chi connectivity index (χ1v) is 6.71. The second kappa shape index (κ2) is 6.04. The fourth-order valence-electron chi connectivity index (χ4n) is 1.21. The van der Waals surface area contributed by atoms with E-state index in [9.17, 15) is 4.57 Å². The zero-order chi connectivity index (χ0) is 12.0. The molecule has 1 aromatic rings. The number of phosphoric acid groups is 1. The monoisotopic (exact) mass is 244 g/mol. The van der Waals surface area contributed by atoms with Crippen molar-refractivity contribution in [3.8, 4) is 5.75 Å². The molecule has 0 aliphatic carbocycles. The number of rotatable bonds is 6. The maximum atomic E-state index is 12.0. The lowest BCUT2D eigenvalue weighted by atomic mass is 10.2. The molecule has 0 N–H and O–H groups in total. The molecule has 0 amide bonds. The van der Waals surface area contributed by atoms with Crippen LogP contribution in [0, 0.1) is 6.92 Å². The Balaban J connectivity index is 2.79. The predicted molar refractivity (Wildman–Crippen MR) is 62.7 cm³/mol. The van der Waals surface area contributed by atoms with E-state index in [1.165, 1.54) is 0 Å².